The molecule has 0 spiro atoms. The van der Waals surface area contributed by atoms with Crippen molar-refractivity contribution < 1.29 is 4.39 Å². The molecule has 0 aliphatic carbocycles. The van der Waals surface area contributed by atoms with E-state index >= 15 is 0 Å². The average molecular weight is 234 g/mol. The normalized spacial score (nSPS) is 10.4. The predicted octanol–water partition coefficient (Wildman–Crippen LogP) is 3.56. The second-order valence-electron chi connectivity index (χ2n) is 3.62. The van der Waals surface area contributed by atoms with E-state index in [1.165, 1.54) is 6.07 Å². The van der Waals surface area contributed by atoms with Crippen LogP contribution in [0.2, 0.25) is 0 Å². The molecule has 0 unspecified atom stereocenters. The van der Waals surface area contributed by atoms with Crippen molar-refractivity contribution in [3.05, 3.63) is 46.0 Å². The lowest BCUT2D eigenvalue weighted by atomic mass is 10.2. The van der Waals surface area contributed by atoms with Gasteiger partial charge in [0.05, 0.1) is 5.56 Å². The molecule has 16 heavy (non-hydrogen) atoms. The quantitative estimate of drug-likeness (QED) is 0.764. The van der Waals surface area contributed by atoms with Gasteiger partial charge in [-0.2, -0.15) is 0 Å². The maximum Gasteiger partial charge on any atom is 0.142 e. The highest BCUT2D eigenvalue weighted by Gasteiger charge is 2.07. The third-order valence-electron chi connectivity index (χ3n) is 2.53. The number of halogens is 1. The van der Waals surface area contributed by atoms with Gasteiger partial charge in [-0.3, -0.25) is 0 Å². The molecule has 0 radical (unpaired) electrons. The SMILES string of the molecule is Cc1[nH]c(-c2ccccc2F)nc(=S)c1C. The molecule has 0 atom stereocenters. The molecule has 0 aliphatic heterocycles. The Hall–Kier alpha value is -1.55. The number of rotatable bonds is 1. The second-order valence-corrected chi connectivity index (χ2v) is 4.01. The molecule has 0 amide bonds. The Morgan fingerprint density at radius 2 is 1.94 bits per heavy atom. The molecule has 0 fully saturated rings. The Morgan fingerprint density at radius 3 is 2.56 bits per heavy atom. The monoisotopic (exact) mass is 234 g/mol. The van der Waals surface area contributed by atoms with Crippen molar-refractivity contribution in [2.45, 2.75) is 13.8 Å². The van der Waals surface area contributed by atoms with Gasteiger partial charge in [0, 0.05) is 11.3 Å². The van der Waals surface area contributed by atoms with E-state index in [1.54, 1.807) is 18.2 Å². The molecule has 82 valence electrons. The first-order valence-electron chi connectivity index (χ1n) is 4.92. The van der Waals surface area contributed by atoms with Gasteiger partial charge in [0.1, 0.15) is 16.3 Å². The zero-order chi connectivity index (χ0) is 11.7. The summed E-state index contributed by atoms with van der Waals surface area (Å²) in [7, 11) is 0. The Labute approximate surface area is 98.2 Å². The summed E-state index contributed by atoms with van der Waals surface area (Å²) in [4.78, 5) is 7.24. The van der Waals surface area contributed by atoms with Crippen LogP contribution in [0.5, 0.6) is 0 Å². The summed E-state index contributed by atoms with van der Waals surface area (Å²) in [6.45, 7) is 3.80. The van der Waals surface area contributed by atoms with Crippen LogP contribution < -0.4 is 0 Å². The van der Waals surface area contributed by atoms with E-state index in [1.807, 2.05) is 13.8 Å². The number of nitrogens with zero attached hydrogens (tertiary/aromatic N) is 1. The summed E-state index contributed by atoms with van der Waals surface area (Å²) >= 11 is 5.12. The predicted molar refractivity (Wildman–Crippen MR) is 64.3 cm³/mol. The molecule has 0 saturated carbocycles. The van der Waals surface area contributed by atoms with Gasteiger partial charge in [-0.1, -0.05) is 24.4 Å². The minimum atomic E-state index is -0.302. The summed E-state index contributed by atoms with van der Waals surface area (Å²) in [5, 5.41) is 0. The van der Waals surface area contributed by atoms with Crippen molar-refractivity contribution in [1.29, 1.82) is 0 Å². The number of hydrogen-bond donors (Lipinski definition) is 1. The number of nitrogens with one attached hydrogen (secondary N) is 1. The third-order valence-corrected chi connectivity index (χ3v) is 2.93. The van der Waals surface area contributed by atoms with Crippen LogP contribution in [-0.4, -0.2) is 9.97 Å². The Kier molecular flexibility index (Phi) is 2.83. The molecule has 0 aliphatic rings. The van der Waals surface area contributed by atoms with Crippen LogP contribution in [0.1, 0.15) is 11.3 Å². The van der Waals surface area contributed by atoms with E-state index in [2.05, 4.69) is 9.97 Å². The van der Waals surface area contributed by atoms with E-state index in [0.29, 0.717) is 16.0 Å². The fraction of sp³-hybridized carbons (Fsp3) is 0.167. The zero-order valence-corrected chi connectivity index (χ0v) is 9.86. The molecule has 1 aromatic heterocycles. The van der Waals surface area contributed by atoms with Crippen LogP contribution in [0.25, 0.3) is 11.4 Å². The topological polar surface area (TPSA) is 28.7 Å². The van der Waals surface area contributed by atoms with Crippen LogP contribution in [0.3, 0.4) is 0 Å². The van der Waals surface area contributed by atoms with Crippen molar-refractivity contribution in [2.24, 2.45) is 0 Å². The summed E-state index contributed by atoms with van der Waals surface area (Å²) in [6, 6.07) is 6.50. The first-order valence-corrected chi connectivity index (χ1v) is 5.33. The van der Waals surface area contributed by atoms with E-state index in [0.717, 1.165) is 11.3 Å². The second kappa shape index (κ2) is 4.14. The fourth-order valence-corrected chi connectivity index (χ4v) is 1.67. The van der Waals surface area contributed by atoms with E-state index in [-0.39, 0.29) is 5.82 Å². The highest BCUT2D eigenvalue weighted by molar-refractivity contribution is 7.71. The molecule has 1 heterocycles. The number of aryl methyl sites for hydroxylation is 1. The van der Waals surface area contributed by atoms with Gasteiger partial charge >= 0.3 is 0 Å². The van der Waals surface area contributed by atoms with Crippen LogP contribution in [-0.2, 0) is 0 Å². The number of benzene rings is 1. The van der Waals surface area contributed by atoms with Gasteiger partial charge in [-0.25, -0.2) is 9.37 Å². The van der Waals surface area contributed by atoms with Gasteiger partial charge in [-0.05, 0) is 26.0 Å². The van der Waals surface area contributed by atoms with Crippen molar-refractivity contribution >= 4 is 12.2 Å². The lowest BCUT2D eigenvalue weighted by Gasteiger charge is -2.06. The minimum Gasteiger partial charge on any atom is -0.343 e. The largest absolute Gasteiger partial charge is 0.343 e. The molecule has 1 N–H and O–H groups in total. The van der Waals surface area contributed by atoms with Gasteiger partial charge in [0.25, 0.3) is 0 Å². The zero-order valence-electron chi connectivity index (χ0n) is 9.04. The number of aromatic amines is 1. The smallest absolute Gasteiger partial charge is 0.142 e. The van der Waals surface area contributed by atoms with Crippen molar-refractivity contribution in [3.63, 3.8) is 0 Å². The maximum atomic E-state index is 13.5. The molecule has 2 rings (SSSR count). The standard InChI is InChI=1S/C12H11FN2S/c1-7-8(2)14-11(15-12(7)16)9-5-3-4-6-10(9)13/h3-6H,1-2H3,(H,14,15,16). The van der Waals surface area contributed by atoms with Crippen molar-refractivity contribution in [1.82, 2.24) is 9.97 Å². The third kappa shape index (κ3) is 1.88. The lowest BCUT2D eigenvalue weighted by Crippen LogP contribution is -1.97. The summed E-state index contributed by atoms with van der Waals surface area (Å²) in [5.41, 5.74) is 2.28. The molecule has 0 saturated heterocycles. The first-order chi connectivity index (χ1) is 7.59. The molecule has 0 bridgehead atoms. The minimum absolute atomic E-state index is 0.302. The number of aromatic nitrogens is 2. The Bertz CT molecular complexity index is 590. The molecular formula is C12H11FN2S. The molecule has 2 aromatic rings. The van der Waals surface area contributed by atoms with Gasteiger partial charge in [0.2, 0.25) is 0 Å². The maximum absolute atomic E-state index is 13.5. The highest BCUT2D eigenvalue weighted by Crippen LogP contribution is 2.19. The van der Waals surface area contributed by atoms with Gasteiger partial charge in [-0.15, -0.1) is 0 Å². The Balaban J connectivity index is 2.67. The summed E-state index contributed by atoms with van der Waals surface area (Å²) < 4.78 is 14.1. The van der Waals surface area contributed by atoms with Crippen molar-refractivity contribution in [2.75, 3.05) is 0 Å². The number of hydrogen-bond acceptors (Lipinski definition) is 2. The van der Waals surface area contributed by atoms with Crippen molar-refractivity contribution in [3.8, 4) is 11.4 Å². The highest BCUT2D eigenvalue weighted by atomic mass is 32.1. The van der Waals surface area contributed by atoms with E-state index in [4.69, 9.17) is 12.2 Å². The van der Waals surface area contributed by atoms with Crippen LogP contribution in [0.4, 0.5) is 4.39 Å². The molecule has 2 nitrogen and oxygen atoms in total. The van der Waals surface area contributed by atoms with Crippen LogP contribution in [0.15, 0.2) is 24.3 Å². The van der Waals surface area contributed by atoms with Gasteiger partial charge < -0.3 is 4.98 Å². The van der Waals surface area contributed by atoms with Crippen LogP contribution >= 0.6 is 12.2 Å². The summed E-state index contributed by atoms with van der Waals surface area (Å²) in [6.07, 6.45) is 0. The number of H-pyrrole nitrogens is 1. The molecule has 1 aromatic carbocycles. The average Bonchev–Trinajstić information content (AvgIpc) is 2.26. The lowest BCUT2D eigenvalue weighted by molar-refractivity contribution is 0.630. The van der Waals surface area contributed by atoms with E-state index < -0.39 is 0 Å². The van der Waals surface area contributed by atoms with Gasteiger partial charge in [0.15, 0.2) is 0 Å². The first kappa shape index (κ1) is 11.0. The Morgan fingerprint density at radius 1 is 1.25 bits per heavy atom. The van der Waals surface area contributed by atoms with E-state index in [9.17, 15) is 4.39 Å². The fourth-order valence-electron chi connectivity index (χ4n) is 1.43. The summed E-state index contributed by atoms with van der Waals surface area (Å²) in [5.74, 6) is 0.176. The van der Waals surface area contributed by atoms with Crippen LogP contribution in [0, 0.1) is 24.3 Å². The molecule has 4 heteroatoms. The molecular weight excluding hydrogens is 223 g/mol.